The second-order valence-electron chi connectivity index (χ2n) is 3.58. The number of Topliss-reactive ketones (excluding diaryl/α,β-unsaturated/α-hetero) is 1. The zero-order chi connectivity index (χ0) is 14.1. The van der Waals surface area contributed by atoms with E-state index in [-0.39, 0.29) is 5.56 Å². The van der Waals surface area contributed by atoms with Crippen molar-refractivity contribution in [3.05, 3.63) is 34.9 Å². The first kappa shape index (κ1) is 15.1. The topological polar surface area (TPSA) is 17.1 Å². The molecule has 7 heteroatoms. The van der Waals surface area contributed by atoms with Gasteiger partial charge in [-0.15, -0.1) is 0 Å². The number of rotatable bonds is 3. The van der Waals surface area contributed by atoms with E-state index in [1.807, 2.05) is 0 Å². The molecule has 0 aliphatic carbocycles. The molecule has 0 saturated carbocycles. The molecule has 1 nitrogen and oxygen atoms in total. The molecule has 0 amide bonds. The summed E-state index contributed by atoms with van der Waals surface area (Å²) in [5.41, 5.74) is -2.85. The minimum Gasteiger partial charge on any atom is -0.293 e. The normalized spacial score (nSPS) is 13.8. The third kappa shape index (κ3) is 3.28. The van der Waals surface area contributed by atoms with Crippen molar-refractivity contribution in [3.63, 3.8) is 0 Å². The fourth-order valence-corrected chi connectivity index (χ4v) is 1.64. The number of ketones is 1. The number of alkyl halides is 6. The first-order valence-corrected chi connectivity index (χ1v) is 5.73. The van der Waals surface area contributed by atoms with Crippen molar-refractivity contribution < 1.29 is 26.7 Å². The minimum absolute atomic E-state index is 0.254. The highest BCUT2D eigenvalue weighted by molar-refractivity contribution is 9.10. The SMILES string of the molecule is CC(Br)C(=O)c1ccc(C(F)F)c(C(F)(F)F)c1. The van der Waals surface area contributed by atoms with Crippen molar-refractivity contribution in [2.24, 2.45) is 0 Å². The van der Waals surface area contributed by atoms with E-state index in [9.17, 15) is 26.7 Å². The lowest BCUT2D eigenvalue weighted by Gasteiger charge is -2.14. The molecule has 0 saturated heterocycles. The second-order valence-corrected chi connectivity index (χ2v) is 4.95. The van der Waals surface area contributed by atoms with Crippen molar-refractivity contribution in [1.29, 1.82) is 0 Å². The highest BCUT2D eigenvalue weighted by atomic mass is 79.9. The van der Waals surface area contributed by atoms with Gasteiger partial charge in [-0.05, 0) is 13.0 Å². The first-order chi connectivity index (χ1) is 8.14. The van der Waals surface area contributed by atoms with Crippen LogP contribution in [0.4, 0.5) is 22.0 Å². The van der Waals surface area contributed by atoms with Crippen molar-refractivity contribution in [1.82, 2.24) is 0 Å². The van der Waals surface area contributed by atoms with E-state index in [0.717, 1.165) is 6.07 Å². The predicted molar refractivity (Wildman–Crippen MR) is 59.1 cm³/mol. The van der Waals surface area contributed by atoms with Gasteiger partial charge in [-0.25, -0.2) is 8.78 Å². The van der Waals surface area contributed by atoms with Gasteiger partial charge in [0.15, 0.2) is 5.78 Å². The largest absolute Gasteiger partial charge is 0.416 e. The maximum Gasteiger partial charge on any atom is 0.416 e. The molecular weight excluding hydrogens is 323 g/mol. The summed E-state index contributed by atoms with van der Waals surface area (Å²) in [4.78, 5) is 10.8. The van der Waals surface area contributed by atoms with E-state index in [1.54, 1.807) is 0 Å². The molecule has 0 aliphatic rings. The fraction of sp³-hybridized carbons (Fsp3) is 0.364. The third-order valence-corrected chi connectivity index (χ3v) is 2.66. The molecule has 0 aliphatic heterocycles. The van der Waals surface area contributed by atoms with Crippen LogP contribution in [0.3, 0.4) is 0 Å². The van der Waals surface area contributed by atoms with Crippen LogP contribution in [-0.2, 0) is 6.18 Å². The Balaban J connectivity index is 3.35. The molecule has 18 heavy (non-hydrogen) atoms. The van der Waals surface area contributed by atoms with Crippen molar-refractivity contribution in [2.75, 3.05) is 0 Å². The summed E-state index contributed by atoms with van der Waals surface area (Å²) in [6, 6.07) is 2.06. The Kier molecular flexibility index (Phi) is 4.47. The van der Waals surface area contributed by atoms with E-state index in [1.165, 1.54) is 6.92 Å². The summed E-state index contributed by atoms with van der Waals surface area (Å²) < 4.78 is 62.7. The van der Waals surface area contributed by atoms with Crippen LogP contribution in [0.1, 0.15) is 34.8 Å². The lowest BCUT2D eigenvalue weighted by Crippen LogP contribution is -2.15. The van der Waals surface area contributed by atoms with Gasteiger partial charge >= 0.3 is 6.18 Å². The Morgan fingerprint density at radius 1 is 1.28 bits per heavy atom. The van der Waals surface area contributed by atoms with Crippen LogP contribution in [0.15, 0.2) is 18.2 Å². The van der Waals surface area contributed by atoms with Crippen LogP contribution in [0, 0.1) is 0 Å². The molecule has 1 rings (SSSR count). The van der Waals surface area contributed by atoms with Gasteiger partial charge in [-0.1, -0.05) is 28.1 Å². The Morgan fingerprint density at radius 2 is 1.83 bits per heavy atom. The molecule has 1 atom stereocenters. The molecule has 1 unspecified atom stereocenters. The fourth-order valence-electron chi connectivity index (χ4n) is 1.37. The highest BCUT2D eigenvalue weighted by Gasteiger charge is 2.36. The average Bonchev–Trinajstić information content (AvgIpc) is 2.25. The Labute approximate surface area is 108 Å². The van der Waals surface area contributed by atoms with Gasteiger partial charge in [0, 0.05) is 11.1 Å². The van der Waals surface area contributed by atoms with Gasteiger partial charge in [0.05, 0.1) is 10.4 Å². The molecule has 0 N–H and O–H groups in total. The summed E-state index contributed by atoms with van der Waals surface area (Å²) in [6.45, 7) is 1.44. The average molecular weight is 331 g/mol. The summed E-state index contributed by atoms with van der Waals surface area (Å²) in [5, 5.41) is 0. The molecule has 0 fully saturated rings. The lowest BCUT2D eigenvalue weighted by atomic mass is 10.0. The van der Waals surface area contributed by atoms with Crippen LogP contribution in [0.25, 0.3) is 0 Å². The Hall–Kier alpha value is -0.980. The van der Waals surface area contributed by atoms with Gasteiger partial charge in [-0.3, -0.25) is 4.79 Å². The number of halogens is 6. The molecule has 100 valence electrons. The number of benzene rings is 1. The van der Waals surface area contributed by atoms with E-state index in [0.29, 0.717) is 12.1 Å². The van der Waals surface area contributed by atoms with E-state index in [4.69, 9.17) is 0 Å². The maximum absolute atomic E-state index is 12.6. The summed E-state index contributed by atoms with van der Waals surface area (Å²) >= 11 is 2.92. The molecule has 1 aromatic rings. The van der Waals surface area contributed by atoms with E-state index < -0.39 is 34.3 Å². The van der Waals surface area contributed by atoms with Crippen molar-refractivity contribution in [2.45, 2.75) is 24.4 Å². The number of carbonyl (C=O) groups is 1. The molecule has 0 aromatic heterocycles. The minimum atomic E-state index is -4.92. The standard InChI is InChI=1S/C11H8BrF5O/c1-5(12)9(18)6-2-3-7(10(13)14)8(4-6)11(15,16)17/h2-5,10H,1H3. The second kappa shape index (κ2) is 5.34. The molecule has 0 radical (unpaired) electrons. The third-order valence-electron chi connectivity index (χ3n) is 2.24. The van der Waals surface area contributed by atoms with E-state index in [2.05, 4.69) is 15.9 Å². The summed E-state index contributed by atoms with van der Waals surface area (Å²) in [5.74, 6) is -0.596. The molecule has 0 bridgehead atoms. The van der Waals surface area contributed by atoms with Crippen molar-refractivity contribution in [3.8, 4) is 0 Å². The Bertz CT molecular complexity index is 453. The molecule has 1 aromatic carbocycles. The predicted octanol–water partition coefficient (Wildman–Crippen LogP) is 4.61. The van der Waals surface area contributed by atoms with Gasteiger partial charge in [-0.2, -0.15) is 13.2 Å². The van der Waals surface area contributed by atoms with Crippen molar-refractivity contribution >= 4 is 21.7 Å². The maximum atomic E-state index is 12.6. The molecule has 0 spiro atoms. The lowest BCUT2D eigenvalue weighted by molar-refractivity contribution is -0.139. The summed E-state index contributed by atoms with van der Waals surface area (Å²) in [6.07, 6.45) is -8.16. The van der Waals surface area contributed by atoms with Crippen LogP contribution in [0.2, 0.25) is 0 Å². The smallest absolute Gasteiger partial charge is 0.293 e. The monoisotopic (exact) mass is 330 g/mol. The molecule has 0 heterocycles. The van der Waals surface area contributed by atoms with E-state index >= 15 is 0 Å². The van der Waals surface area contributed by atoms with Crippen LogP contribution < -0.4 is 0 Å². The number of carbonyl (C=O) groups excluding carboxylic acids is 1. The van der Waals surface area contributed by atoms with Crippen LogP contribution in [-0.4, -0.2) is 10.6 Å². The van der Waals surface area contributed by atoms with Crippen LogP contribution in [0.5, 0.6) is 0 Å². The van der Waals surface area contributed by atoms with Gasteiger partial charge in [0.2, 0.25) is 0 Å². The van der Waals surface area contributed by atoms with Gasteiger partial charge in [0.25, 0.3) is 6.43 Å². The Morgan fingerprint density at radius 3 is 2.22 bits per heavy atom. The highest BCUT2D eigenvalue weighted by Crippen LogP contribution is 2.37. The molecular formula is C11H8BrF5O. The first-order valence-electron chi connectivity index (χ1n) is 4.82. The zero-order valence-corrected chi connectivity index (χ0v) is 10.6. The number of hydrogen-bond acceptors (Lipinski definition) is 1. The van der Waals surface area contributed by atoms with Crippen LogP contribution >= 0.6 is 15.9 Å². The quantitative estimate of drug-likeness (QED) is 0.449. The zero-order valence-electron chi connectivity index (χ0n) is 9.06. The van der Waals surface area contributed by atoms with Gasteiger partial charge < -0.3 is 0 Å². The number of hydrogen-bond donors (Lipinski definition) is 0. The van der Waals surface area contributed by atoms with Gasteiger partial charge in [0.1, 0.15) is 0 Å². The summed E-state index contributed by atoms with van der Waals surface area (Å²) in [7, 11) is 0.